The van der Waals surface area contributed by atoms with Crippen LogP contribution >= 0.6 is 11.6 Å². The first-order valence-corrected chi connectivity index (χ1v) is 10.5. The van der Waals surface area contributed by atoms with Gasteiger partial charge in [-0.25, -0.2) is 5.43 Å². The standard InChI is InChI=1S/C25H24ClN3O3/c1-18-10-12-19(13-11-18)17-32-23-9-5-2-6-20(23)16-27-29-25(31)15-14-24(30)28-22-8-4-3-7-21(22)26/h2-13,16H,14-15,17H2,1H3,(H,28,30)(H,29,31). The summed E-state index contributed by atoms with van der Waals surface area (Å²) < 4.78 is 5.90. The molecule has 2 amide bonds. The van der Waals surface area contributed by atoms with Crippen molar-refractivity contribution in [3.05, 3.63) is 94.5 Å². The number of carbonyl (C=O) groups excluding carboxylic acids is 2. The molecule has 0 unspecified atom stereocenters. The Morgan fingerprint density at radius 3 is 2.41 bits per heavy atom. The van der Waals surface area contributed by atoms with E-state index in [2.05, 4.69) is 15.8 Å². The van der Waals surface area contributed by atoms with Gasteiger partial charge in [0.05, 0.1) is 16.9 Å². The van der Waals surface area contributed by atoms with Crippen molar-refractivity contribution >= 4 is 35.3 Å². The van der Waals surface area contributed by atoms with E-state index >= 15 is 0 Å². The summed E-state index contributed by atoms with van der Waals surface area (Å²) in [5, 5.41) is 7.11. The first kappa shape index (κ1) is 23.0. The number of halogens is 1. The van der Waals surface area contributed by atoms with Crippen molar-refractivity contribution in [1.29, 1.82) is 0 Å². The van der Waals surface area contributed by atoms with Crippen LogP contribution in [0.2, 0.25) is 5.02 Å². The molecule has 0 aliphatic carbocycles. The normalized spacial score (nSPS) is 10.7. The molecule has 32 heavy (non-hydrogen) atoms. The van der Waals surface area contributed by atoms with Crippen molar-refractivity contribution in [2.24, 2.45) is 5.10 Å². The number of carbonyl (C=O) groups is 2. The molecular weight excluding hydrogens is 426 g/mol. The number of hydrogen-bond donors (Lipinski definition) is 2. The van der Waals surface area contributed by atoms with E-state index in [0.717, 1.165) is 11.1 Å². The zero-order chi connectivity index (χ0) is 22.8. The molecular formula is C25H24ClN3O3. The fraction of sp³-hybridized carbons (Fsp3) is 0.160. The van der Waals surface area contributed by atoms with Crippen molar-refractivity contribution in [3.63, 3.8) is 0 Å². The minimum Gasteiger partial charge on any atom is -0.488 e. The monoisotopic (exact) mass is 449 g/mol. The summed E-state index contributed by atoms with van der Waals surface area (Å²) in [5.41, 5.74) is 5.94. The van der Waals surface area contributed by atoms with Gasteiger partial charge in [-0.15, -0.1) is 0 Å². The summed E-state index contributed by atoms with van der Waals surface area (Å²) in [6.45, 7) is 2.47. The maximum absolute atomic E-state index is 12.0. The molecule has 0 fully saturated rings. The second kappa shape index (κ2) is 11.7. The summed E-state index contributed by atoms with van der Waals surface area (Å²) in [6, 6.07) is 22.5. The molecule has 0 atom stereocenters. The van der Waals surface area contributed by atoms with Gasteiger partial charge >= 0.3 is 0 Å². The number of nitrogens with one attached hydrogen (secondary N) is 2. The van der Waals surface area contributed by atoms with E-state index in [-0.39, 0.29) is 24.7 Å². The van der Waals surface area contributed by atoms with Crippen LogP contribution in [0, 0.1) is 6.92 Å². The van der Waals surface area contributed by atoms with E-state index in [4.69, 9.17) is 16.3 Å². The van der Waals surface area contributed by atoms with Crippen LogP contribution in [0.15, 0.2) is 77.9 Å². The van der Waals surface area contributed by atoms with E-state index in [1.54, 1.807) is 24.3 Å². The molecule has 2 N–H and O–H groups in total. The Kier molecular flexibility index (Phi) is 8.40. The first-order valence-electron chi connectivity index (χ1n) is 10.1. The molecule has 0 saturated heterocycles. The van der Waals surface area contributed by atoms with Crippen molar-refractivity contribution in [1.82, 2.24) is 5.43 Å². The second-order valence-corrected chi connectivity index (χ2v) is 7.54. The summed E-state index contributed by atoms with van der Waals surface area (Å²) in [5.74, 6) is -0.00844. The third kappa shape index (κ3) is 7.25. The number of hydrazone groups is 1. The zero-order valence-corrected chi connectivity index (χ0v) is 18.4. The van der Waals surface area contributed by atoms with Crippen LogP contribution in [0.25, 0.3) is 0 Å². The molecule has 0 bridgehead atoms. The van der Waals surface area contributed by atoms with E-state index in [1.807, 2.05) is 55.5 Å². The molecule has 0 saturated carbocycles. The topological polar surface area (TPSA) is 79.8 Å². The fourth-order valence-corrected chi connectivity index (χ4v) is 2.98. The number of amides is 2. The fourth-order valence-electron chi connectivity index (χ4n) is 2.80. The van der Waals surface area contributed by atoms with Gasteiger partial charge in [-0.05, 0) is 36.8 Å². The minimum absolute atomic E-state index is 0.000797. The van der Waals surface area contributed by atoms with E-state index in [9.17, 15) is 9.59 Å². The van der Waals surface area contributed by atoms with Gasteiger partial charge in [-0.1, -0.05) is 65.7 Å². The van der Waals surface area contributed by atoms with Gasteiger partial charge in [-0.2, -0.15) is 5.10 Å². The minimum atomic E-state index is -0.367. The van der Waals surface area contributed by atoms with Crippen LogP contribution < -0.4 is 15.5 Å². The summed E-state index contributed by atoms with van der Waals surface area (Å²) in [6.07, 6.45) is 1.54. The average Bonchev–Trinajstić information content (AvgIpc) is 2.80. The maximum atomic E-state index is 12.0. The molecule has 3 aromatic rings. The maximum Gasteiger partial charge on any atom is 0.240 e. The lowest BCUT2D eigenvalue weighted by atomic mass is 10.1. The Morgan fingerprint density at radius 2 is 1.62 bits per heavy atom. The number of anilines is 1. The van der Waals surface area contributed by atoms with Crippen LogP contribution in [0.1, 0.15) is 29.5 Å². The van der Waals surface area contributed by atoms with Gasteiger partial charge in [-0.3, -0.25) is 9.59 Å². The summed E-state index contributed by atoms with van der Waals surface area (Å²) in [4.78, 5) is 24.0. The molecule has 0 heterocycles. The highest BCUT2D eigenvalue weighted by Gasteiger charge is 2.08. The Morgan fingerprint density at radius 1 is 0.938 bits per heavy atom. The second-order valence-electron chi connectivity index (χ2n) is 7.13. The molecule has 3 rings (SSSR count). The Bertz CT molecular complexity index is 1100. The molecule has 0 spiro atoms. The molecule has 164 valence electrons. The first-order chi connectivity index (χ1) is 15.5. The molecule has 6 nitrogen and oxygen atoms in total. The molecule has 3 aromatic carbocycles. The van der Waals surface area contributed by atoms with Crippen molar-refractivity contribution in [3.8, 4) is 5.75 Å². The lowest BCUT2D eigenvalue weighted by Gasteiger charge is -2.09. The highest BCUT2D eigenvalue weighted by molar-refractivity contribution is 6.33. The van der Waals surface area contributed by atoms with Gasteiger partial charge in [0.2, 0.25) is 11.8 Å². The lowest BCUT2D eigenvalue weighted by molar-refractivity contribution is -0.124. The highest BCUT2D eigenvalue weighted by Crippen LogP contribution is 2.20. The third-order valence-corrected chi connectivity index (χ3v) is 4.88. The van der Waals surface area contributed by atoms with Gasteiger partial charge in [0, 0.05) is 18.4 Å². The average molecular weight is 450 g/mol. The number of hydrogen-bond acceptors (Lipinski definition) is 4. The number of aryl methyl sites for hydroxylation is 1. The highest BCUT2D eigenvalue weighted by atomic mass is 35.5. The number of benzene rings is 3. The van der Waals surface area contributed by atoms with Crippen LogP contribution in [-0.4, -0.2) is 18.0 Å². The van der Waals surface area contributed by atoms with Gasteiger partial charge < -0.3 is 10.1 Å². The van der Waals surface area contributed by atoms with Crippen LogP contribution in [0.4, 0.5) is 5.69 Å². The van der Waals surface area contributed by atoms with E-state index < -0.39 is 0 Å². The van der Waals surface area contributed by atoms with Crippen LogP contribution in [-0.2, 0) is 16.2 Å². The van der Waals surface area contributed by atoms with E-state index in [1.165, 1.54) is 11.8 Å². The molecule has 7 heteroatoms. The number of nitrogens with zero attached hydrogens (tertiary/aromatic N) is 1. The van der Waals surface area contributed by atoms with Crippen LogP contribution in [0.5, 0.6) is 5.75 Å². The van der Waals surface area contributed by atoms with Crippen molar-refractivity contribution in [2.45, 2.75) is 26.4 Å². The SMILES string of the molecule is Cc1ccc(COc2ccccc2C=NNC(=O)CCC(=O)Nc2ccccc2Cl)cc1. The van der Waals surface area contributed by atoms with E-state index in [0.29, 0.717) is 23.1 Å². The summed E-state index contributed by atoms with van der Waals surface area (Å²) in [7, 11) is 0. The predicted molar refractivity (Wildman–Crippen MR) is 127 cm³/mol. The largest absolute Gasteiger partial charge is 0.488 e. The van der Waals surface area contributed by atoms with Crippen molar-refractivity contribution in [2.75, 3.05) is 5.32 Å². The number of rotatable bonds is 9. The lowest BCUT2D eigenvalue weighted by Crippen LogP contribution is -2.20. The Hall–Kier alpha value is -3.64. The molecule has 0 aromatic heterocycles. The Balaban J connectivity index is 1.47. The van der Waals surface area contributed by atoms with Crippen LogP contribution in [0.3, 0.4) is 0 Å². The van der Waals surface area contributed by atoms with Gasteiger partial charge in [0.1, 0.15) is 12.4 Å². The quantitative estimate of drug-likeness (QED) is 0.352. The molecule has 0 radical (unpaired) electrons. The predicted octanol–water partition coefficient (Wildman–Crippen LogP) is 5.10. The van der Waals surface area contributed by atoms with Gasteiger partial charge in [0.25, 0.3) is 0 Å². The third-order valence-electron chi connectivity index (χ3n) is 4.55. The number of ether oxygens (including phenoxy) is 1. The molecule has 0 aliphatic rings. The molecule has 0 aliphatic heterocycles. The van der Waals surface area contributed by atoms with Crippen molar-refractivity contribution < 1.29 is 14.3 Å². The number of para-hydroxylation sites is 2. The summed E-state index contributed by atoms with van der Waals surface area (Å²) >= 11 is 6.01. The Labute approximate surface area is 192 Å². The zero-order valence-electron chi connectivity index (χ0n) is 17.7. The smallest absolute Gasteiger partial charge is 0.240 e. The van der Waals surface area contributed by atoms with Gasteiger partial charge in [0.15, 0.2) is 0 Å².